The van der Waals surface area contributed by atoms with Gasteiger partial charge in [-0.15, -0.1) is 0 Å². The Kier molecular flexibility index (Phi) is 3.15. The largest absolute Gasteiger partial charge is 0.493 e. The highest BCUT2D eigenvalue weighted by Crippen LogP contribution is 2.45. The molecular formula is C18H18N6O2. The minimum absolute atomic E-state index is 0.118. The number of aromatic amines is 1. The Labute approximate surface area is 149 Å². The van der Waals surface area contributed by atoms with Crippen molar-refractivity contribution in [2.75, 3.05) is 24.5 Å². The van der Waals surface area contributed by atoms with Gasteiger partial charge in [0.2, 0.25) is 5.88 Å². The normalized spacial score (nSPS) is 18.5. The maximum absolute atomic E-state index is 12.9. The van der Waals surface area contributed by atoms with E-state index < -0.39 is 0 Å². The predicted molar refractivity (Wildman–Crippen MR) is 95.0 cm³/mol. The number of pyridine rings is 1. The molecule has 0 radical (unpaired) electrons. The molecule has 3 aromatic rings. The van der Waals surface area contributed by atoms with Crippen LogP contribution in [0.1, 0.15) is 23.3 Å². The molecule has 8 heteroatoms. The smallest absolute Gasteiger partial charge is 0.273 e. The molecule has 1 saturated carbocycles. The minimum Gasteiger partial charge on any atom is -0.493 e. The van der Waals surface area contributed by atoms with Gasteiger partial charge in [0.05, 0.1) is 10.9 Å². The van der Waals surface area contributed by atoms with E-state index in [1.807, 2.05) is 17.2 Å². The van der Waals surface area contributed by atoms with Crippen LogP contribution in [-0.2, 0) is 0 Å². The Hall–Kier alpha value is -3.16. The molecule has 1 saturated heterocycles. The minimum atomic E-state index is -0.171. The number of nitrogens with one attached hydrogen (secondary N) is 1. The summed E-state index contributed by atoms with van der Waals surface area (Å²) in [6, 6.07) is 6.75. The van der Waals surface area contributed by atoms with E-state index in [9.17, 15) is 9.90 Å². The summed E-state index contributed by atoms with van der Waals surface area (Å²) in [5.74, 6) is 0.660. The molecule has 132 valence electrons. The Morgan fingerprint density at radius 3 is 2.88 bits per heavy atom. The highest BCUT2D eigenvalue weighted by atomic mass is 16.3. The van der Waals surface area contributed by atoms with Crippen LogP contribution in [0.5, 0.6) is 5.88 Å². The van der Waals surface area contributed by atoms with Gasteiger partial charge in [-0.3, -0.25) is 4.79 Å². The average Bonchev–Trinajstić information content (AvgIpc) is 3.23. The summed E-state index contributed by atoms with van der Waals surface area (Å²) in [7, 11) is 0. The zero-order valence-electron chi connectivity index (χ0n) is 14.1. The van der Waals surface area contributed by atoms with Crippen molar-refractivity contribution in [1.29, 1.82) is 0 Å². The molecule has 1 aliphatic carbocycles. The van der Waals surface area contributed by atoms with Crippen molar-refractivity contribution in [1.82, 2.24) is 24.8 Å². The van der Waals surface area contributed by atoms with Crippen LogP contribution >= 0.6 is 0 Å². The zero-order valence-corrected chi connectivity index (χ0v) is 14.1. The molecule has 0 bridgehead atoms. The van der Waals surface area contributed by atoms with E-state index in [1.54, 1.807) is 18.5 Å². The molecule has 0 aromatic carbocycles. The predicted octanol–water partition coefficient (Wildman–Crippen LogP) is 1.55. The Morgan fingerprint density at radius 1 is 1.19 bits per heavy atom. The SMILES string of the molecule is O=C(c1cccc(O)n1)N1CCN(c2ncnc3[nH]ccc23)CC12CC2. The van der Waals surface area contributed by atoms with Crippen LogP contribution < -0.4 is 4.90 Å². The molecule has 1 spiro atoms. The van der Waals surface area contributed by atoms with Crippen molar-refractivity contribution in [3.8, 4) is 5.88 Å². The van der Waals surface area contributed by atoms with E-state index in [1.165, 1.54) is 6.07 Å². The molecule has 8 nitrogen and oxygen atoms in total. The monoisotopic (exact) mass is 350 g/mol. The number of hydrogen-bond acceptors (Lipinski definition) is 6. The first-order valence-electron chi connectivity index (χ1n) is 8.67. The van der Waals surface area contributed by atoms with Crippen molar-refractivity contribution in [3.05, 3.63) is 42.5 Å². The summed E-state index contributed by atoms with van der Waals surface area (Å²) in [6.07, 6.45) is 5.37. The van der Waals surface area contributed by atoms with E-state index in [0.29, 0.717) is 18.8 Å². The number of piperazine rings is 1. The van der Waals surface area contributed by atoms with Crippen LogP contribution in [0.25, 0.3) is 11.0 Å². The topological polar surface area (TPSA) is 98.2 Å². The summed E-state index contributed by atoms with van der Waals surface area (Å²) in [5, 5.41) is 10.6. The van der Waals surface area contributed by atoms with Crippen LogP contribution in [0.4, 0.5) is 5.82 Å². The second kappa shape index (κ2) is 5.42. The van der Waals surface area contributed by atoms with Crippen molar-refractivity contribution < 1.29 is 9.90 Å². The number of fused-ring (bicyclic) bond motifs is 1. The molecule has 26 heavy (non-hydrogen) atoms. The highest BCUT2D eigenvalue weighted by molar-refractivity contribution is 5.94. The third kappa shape index (κ3) is 2.29. The molecule has 5 rings (SSSR count). The average molecular weight is 350 g/mol. The maximum Gasteiger partial charge on any atom is 0.273 e. The van der Waals surface area contributed by atoms with Crippen molar-refractivity contribution in [2.45, 2.75) is 18.4 Å². The third-order valence-corrected chi connectivity index (χ3v) is 5.31. The molecule has 2 aliphatic rings. The van der Waals surface area contributed by atoms with Crippen LogP contribution in [-0.4, -0.2) is 61.0 Å². The van der Waals surface area contributed by atoms with Crippen molar-refractivity contribution in [3.63, 3.8) is 0 Å². The van der Waals surface area contributed by atoms with Gasteiger partial charge in [0.25, 0.3) is 5.91 Å². The van der Waals surface area contributed by atoms with E-state index in [-0.39, 0.29) is 17.3 Å². The summed E-state index contributed by atoms with van der Waals surface area (Å²) < 4.78 is 0. The van der Waals surface area contributed by atoms with Gasteiger partial charge in [-0.1, -0.05) is 6.07 Å². The molecule has 4 heterocycles. The lowest BCUT2D eigenvalue weighted by molar-refractivity contribution is 0.0617. The van der Waals surface area contributed by atoms with Crippen LogP contribution in [0, 0.1) is 0 Å². The number of rotatable bonds is 2. The van der Waals surface area contributed by atoms with Gasteiger partial charge in [0.1, 0.15) is 23.5 Å². The van der Waals surface area contributed by atoms with Crippen LogP contribution in [0.15, 0.2) is 36.8 Å². The van der Waals surface area contributed by atoms with E-state index in [4.69, 9.17) is 0 Å². The number of amides is 1. The van der Waals surface area contributed by atoms with Crippen molar-refractivity contribution in [2.24, 2.45) is 0 Å². The molecule has 3 aromatic heterocycles. The number of carbonyl (C=O) groups excluding carboxylic acids is 1. The summed E-state index contributed by atoms with van der Waals surface area (Å²) in [6.45, 7) is 2.05. The number of aromatic hydroxyl groups is 1. The molecule has 1 amide bonds. The fourth-order valence-corrected chi connectivity index (χ4v) is 3.84. The summed E-state index contributed by atoms with van der Waals surface area (Å²) >= 11 is 0. The molecule has 2 fully saturated rings. The van der Waals surface area contributed by atoms with Gasteiger partial charge in [0, 0.05) is 31.9 Å². The second-order valence-corrected chi connectivity index (χ2v) is 6.92. The van der Waals surface area contributed by atoms with E-state index in [2.05, 4.69) is 24.8 Å². The molecule has 2 N–H and O–H groups in total. The number of anilines is 1. The zero-order chi connectivity index (χ0) is 17.7. The summed E-state index contributed by atoms with van der Waals surface area (Å²) in [4.78, 5) is 32.9. The lowest BCUT2D eigenvalue weighted by Gasteiger charge is -2.42. The first kappa shape index (κ1) is 15.1. The fraction of sp³-hybridized carbons (Fsp3) is 0.333. The summed E-state index contributed by atoms with van der Waals surface area (Å²) in [5.41, 5.74) is 0.942. The standard InChI is InChI=1S/C18H18N6O2/c25-14-3-1-2-13(22-14)17(26)24-9-8-23(10-18(24)5-6-18)16-12-4-7-19-15(12)20-11-21-16/h1-4,7,11H,5-6,8-10H2,(H,22,25)(H,19,20,21). The van der Waals surface area contributed by atoms with Gasteiger partial charge in [-0.2, -0.15) is 0 Å². The van der Waals surface area contributed by atoms with Crippen LogP contribution in [0.2, 0.25) is 0 Å². The first-order valence-corrected chi connectivity index (χ1v) is 8.67. The third-order valence-electron chi connectivity index (χ3n) is 5.31. The van der Waals surface area contributed by atoms with Gasteiger partial charge in [0.15, 0.2) is 0 Å². The van der Waals surface area contributed by atoms with Gasteiger partial charge >= 0.3 is 0 Å². The van der Waals surface area contributed by atoms with Gasteiger partial charge < -0.3 is 19.9 Å². The molecule has 0 unspecified atom stereocenters. The number of H-pyrrole nitrogens is 1. The first-order chi connectivity index (χ1) is 12.7. The number of nitrogens with zero attached hydrogens (tertiary/aromatic N) is 5. The quantitative estimate of drug-likeness (QED) is 0.728. The maximum atomic E-state index is 12.9. The second-order valence-electron chi connectivity index (χ2n) is 6.92. The van der Waals surface area contributed by atoms with E-state index in [0.717, 1.165) is 36.2 Å². The fourth-order valence-electron chi connectivity index (χ4n) is 3.84. The van der Waals surface area contributed by atoms with Crippen molar-refractivity contribution >= 4 is 22.8 Å². The molecule has 1 aliphatic heterocycles. The number of aromatic nitrogens is 4. The molecule has 0 atom stereocenters. The van der Waals surface area contributed by atoms with Gasteiger partial charge in [-0.05, 0) is 25.0 Å². The Bertz CT molecular complexity index is 996. The Balaban J connectivity index is 1.43. The van der Waals surface area contributed by atoms with E-state index >= 15 is 0 Å². The Morgan fingerprint density at radius 2 is 2.08 bits per heavy atom. The highest BCUT2D eigenvalue weighted by Gasteiger charge is 2.53. The number of carbonyl (C=O) groups is 1. The van der Waals surface area contributed by atoms with Gasteiger partial charge in [-0.25, -0.2) is 15.0 Å². The van der Waals surface area contributed by atoms with Crippen LogP contribution in [0.3, 0.4) is 0 Å². The molecular weight excluding hydrogens is 332 g/mol. The lowest BCUT2D eigenvalue weighted by Crippen LogP contribution is -2.57. The lowest BCUT2D eigenvalue weighted by atomic mass is 10.1. The number of hydrogen-bond donors (Lipinski definition) is 2.